The lowest BCUT2D eigenvalue weighted by Gasteiger charge is -2.40. The summed E-state index contributed by atoms with van der Waals surface area (Å²) >= 11 is 1.65. The third-order valence-corrected chi connectivity index (χ3v) is 11.5. The van der Waals surface area contributed by atoms with Crippen LogP contribution in [0.25, 0.3) is 0 Å². The van der Waals surface area contributed by atoms with Crippen LogP contribution in [0.1, 0.15) is 50.8 Å². The average molecular weight is 602 g/mol. The van der Waals surface area contributed by atoms with Crippen molar-refractivity contribution < 1.29 is 19.5 Å². The number of hydrogen-bond acceptors (Lipinski definition) is 5. The third-order valence-electron chi connectivity index (χ3n) is 9.52. The molecule has 3 amide bonds. The number of likely N-dealkylation sites (tertiary alicyclic amines) is 1. The molecular formula is C35H43N3O4S. The van der Waals surface area contributed by atoms with E-state index in [4.69, 9.17) is 0 Å². The maximum atomic E-state index is 14.8. The van der Waals surface area contributed by atoms with E-state index in [9.17, 15) is 19.5 Å². The quantitative estimate of drug-likeness (QED) is 0.352. The molecule has 8 heteroatoms. The summed E-state index contributed by atoms with van der Waals surface area (Å²) in [5, 5.41) is 10.8. The fourth-order valence-corrected chi connectivity index (χ4v) is 9.95. The normalized spacial score (nSPS) is 28.1. The Bertz CT molecular complexity index is 1370. The van der Waals surface area contributed by atoms with E-state index in [0.717, 1.165) is 17.5 Å². The number of rotatable bonds is 12. The van der Waals surface area contributed by atoms with Gasteiger partial charge in [0.2, 0.25) is 17.7 Å². The number of aliphatic hydroxyl groups is 1. The minimum atomic E-state index is -0.823. The van der Waals surface area contributed by atoms with E-state index in [0.29, 0.717) is 26.1 Å². The summed E-state index contributed by atoms with van der Waals surface area (Å²) in [7, 11) is 0. The van der Waals surface area contributed by atoms with Gasteiger partial charge in [0.1, 0.15) is 6.04 Å². The van der Waals surface area contributed by atoms with Crippen LogP contribution in [-0.4, -0.2) is 78.8 Å². The molecule has 0 aliphatic carbocycles. The van der Waals surface area contributed by atoms with Gasteiger partial charge in [-0.15, -0.1) is 24.9 Å². The third kappa shape index (κ3) is 5.22. The fraction of sp³-hybridized carbons (Fsp3) is 0.457. The molecule has 2 unspecified atom stereocenters. The summed E-state index contributed by atoms with van der Waals surface area (Å²) in [6.45, 7) is 14.6. The Labute approximate surface area is 259 Å². The first-order valence-electron chi connectivity index (χ1n) is 15.2. The zero-order valence-corrected chi connectivity index (χ0v) is 26.2. The molecule has 6 atom stereocenters. The molecule has 1 spiro atoms. The van der Waals surface area contributed by atoms with E-state index in [1.807, 2.05) is 74.5 Å². The number of thioether (sulfide) groups is 1. The highest BCUT2D eigenvalue weighted by Crippen LogP contribution is 2.72. The Morgan fingerprint density at radius 2 is 1.65 bits per heavy atom. The number of amides is 3. The molecule has 2 aromatic rings. The highest BCUT2D eigenvalue weighted by Gasteiger charge is 2.78. The van der Waals surface area contributed by atoms with Crippen LogP contribution in [0.2, 0.25) is 0 Å². The minimum Gasteiger partial charge on any atom is -0.394 e. The van der Waals surface area contributed by atoms with Crippen molar-refractivity contribution in [1.82, 2.24) is 14.7 Å². The molecule has 2 bridgehead atoms. The van der Waals surface area contributed by atoms with Gasteiger partial charge >= 0.3 is 0 Å². The van der Waals surface area contributed by atoms with Crippen LogP contribution in [-0.2, 0) is 20.9 Å². The molecule has 0 radical (unpaired) electrons. The molecule has 7 nitrogen and oxygen atoms in total. The van der Waals surface area contributed by atoms with E-state index in [1.54, 1.807) is 38.6 Å². The average Bonchev–Trinajstić information content (AvgIpc) is 3.57. The Morgan fingerprint density at radius 1 is 1.02 bits per heavy atom. The second-order valence-electron chi connectivity index (χ2n) is 12.4. The van der Waals surface area contributed by atoms with Crippen LogP contribution >= 0.6 is 11.8 Å². The molecule has 3 aliphatic heterocycles. The van der Waals surface area contributed by atoms with Gasteiger partial charge in [0.15, 0.2) is 0 Å². The highest BCUT2D eigenvalue weighted by molar-refractivity contribution is 8.02. The summed E-state index contributed by atoms with van der Waals surface area (Å²) in [5.74, 6) is -1.76. The molecule has 2 aromatic carbocycles. The lowest BCUT2D eigenvalue weighted by molar-refractivity contribution is -0.148. The summed E-state index contributed by atoms with van der Waals surface area (Å²) < 4.78 is -1.28. The van der Waals surface area contributed by atoms with Crippen molar-refractivity contribution in [1.29, 1.82) is 0 Å². The van der Waals surface area contributed by atoms with Crippen molar-refractivity contribution in [3.05, 3.63) is 97.1 Å². The van der Waals surface area contributed by atoms with Gasteiger partial charge in [-0.1, -0.05) is 72.8 Å². The number of benzene rings is 2. The SMILES string of the molecule is C=CCN(Cc1ccccc1)C(=O)[C@@H]1[C@H]2C(=O)N([C@H](CO)c3ccccc3)C(C(=O)N(CC=C)C(C)C)C23CC[C@@]1(C)S3. The van der Waals surface area contributed by atoms with Crippen molar-refractivity contribution in [2.45, 2.75) is 67.8 Å². The van der Waals surface area contributed by atoms with Crippen LogP contribution in [0, 0.1) is 11.8 Å². The Kier molecular flexibility index (Phi) is 8.91. The number of carbonyl (C=O) groups excluding carboxylic acids is 3. The Morgan fingerprint density at radius 3 is 2.23 bits per heavy atom. The second kappa shape index (κ2) is 12.3. The molecule has 3 heterocycles. The van der Waals surface area contributed by atoms with Gasteiger partial charge in [-0.3, -0.25) is 14.4 Å². The Hall–Kier alpha value is -3.36. The van der Waals surface area contributed by atoms with Gasteiger partial charge < -0.3 is 19.8 Å². The predicted octanol–water partition coefficient (Wildman–Crippen LogP) is 4.84. The molecule has 0 aromatic heterocycles. The number of nitrogens with zero attached hydrogens (tertiary/aromatic N) is 3. The molecule has 43 heavy (non-hydrogen) atoms. The maximum Gasteiger partial charge on any atom is 0.247 e. The number of fused-ring (bicyclic) bond motifs is 1. The van der Waals surface area contributed by atoms with Gasteiger partial charge in [-0.05, 0) is 44.7 Å². The van der Waals surface area contributed by atoms with Crippen LogP contribution in [0.3, 0.4) is 0 Å². The number of hydrogen-bond donors (Lipinski definition) is 1. The first kappa shape index (κ1) is 31.1. The molecule has 5 rings (SSSR count). The topological polar surface area (TPSA) is 81.2 Å². The molecule has 3 saturated heterocycles. The fourth-order valence-electron chi connectivity index (χ4n) is 7.62. The minimum absolute atomic E-state index is 0.0845. The first-order valence-corrected chi connectivity index (χ1v) is 16.0. The molecular weight excluding hydrogens is 558 g/mol. The van der Waals surface area contributed by atoms with Crippen LogP contribution in [0.15, 0.2) is 86.0 Å². The number of carbonyl (C=O) groups is 3. The van der Waals surface area contributed by atoms with Crippen LogP contribution < -0.4 is 0 Å². The zero-order valence-electron chi connectivity index (χ0n) is 25.4. The Balaban J connectivity index is 1.62. The molecule has 3 aliphatic rings. The van der Waals surface area contributed by atoms with Crippen molar-refractivity contribution in [2.24, 2.45) is 11.8 Å². The predicted molar refractivity (Wildman–Crippen MR) is 171 cm³/mol. The van der Waals surface area contributed by atoms with E-state index < -0.39 is 33.4 Å². The van der Waals surface area contributed by atoms with Crippen molar-refractivity contribution in [3.8, 4) is 0 Å². The molecule has 1 N–H and O–H groups in total. The lowest BCUT2D eigenvalue weighted by atomic mass is 9.66. The van der Waals surface area contributed by atoms with Crippen molar-refractivity contribution in [2.75, 3.05) is 19.7 Å². The summed E-state index contributed by atoms with van der Waals surface area (Å²) in [6.07, 6.45) is 4.80. The number of aliphatic hydroxyl groups excluding tert-OH is 1. The molecule has 3 fully saturated rings. The molecule has 0 saturated carbocycles. The van der Waals surface area contributed by atoms with Gasteiger partial charge in [0, 0.05) is 30.4 Å². The summed E-state index contributed by atoms with van der Waals surface area (Å²) in [4.78, 5) is 49.3. The van der Waals surface area contributed by atoms with Gasteiger partial charge in [0.05, 0.1) is 29.2 Å². The van der Waals surface area contributed by atoms with Gasteiger partial charge in [-0.2, -0.15) is 0 Å². The van der Waals surface area contributed by atoms with Crippen molar-refractivity contribution in [3.63, 3.8) is 0 Å². The highest BCUT2D eigenvalue weighted by atomic mass is 32.2. The first-order chi connectivity index (χ1) is 20.6. The second-order valence-corrected chi connectivity index (χ2v) is 14.3. The monoisotopic (exact) mass is 601 g/mol. The van der Waals surface area contributed by atoms with E-state index in [1.165, 1.54) is 0 Å². The van der Waals surface area contributed by atoms with Gasteiger partial charge in [-0.25, -0.2) is 0 Å². The maximum absolute atomic E-state index is 14.8. The van der Waals surface area contributed by atoms with E-state index >= 15 is 0 Å². The molecule has 228 valence electrons. The van der Waals surface area contributed by atoms with E-state index in [2.05, 4.69) is 20.1 Å². The largest absolute Gasteiger partial charge is 0.394 e. The van der Waals surface area contributed by atoms with Crippen LogP contribution in [0.4, 0.5) is 0 Å². The lowest BCUT2D eigenvalue weighted by Crippen LogP contribution is -2.57. The van der Waals surface area contributed by atoms with Crippen LogP contribution in [0.5, 0.6) is 0 Å². The van der Waals surface area contributed by atoms with E-state index in [-0.39, 0.29) is 30.4 Å². The van der Waals surface area contributed by atoms with Crippen molar-refractivity contribution >= 4 is 29.5 Å². The zero-order chi connectivity index (χ0) is 30.9. The van der Waals surface area contributed by atoms with Gasteiger partial charge in [0.25, 0.3) is 0 Å². The summed E-state index contributed by atoms with van der Waals surface area (Å²) in [5.41, 5.74) is 1.76. The smallest absolute Gasteiger partial charge is 0.247 e. The standard InChI is InChI=1S/C35H43N3O4S/c1-6-20-36(22-25-14-10-8-11-15-25)31(40)28-29-32(41)38(27(23-39)26-16-12-9-13-17-26)30(33(42)37(21-7-2)24(3)4)35(29)19-18-34(28,5)43-35/h6-17,24,27-30,39H,1-2,18-23H2,3-5H3/t27-,28+,29+,30?,34-,35?/m1/s1. The summed E-state index contributed by atoms with van der Waals surface area (Å²) in [6, 6.07) is 17.6.